The van der Waals surface area contributed by atoms with Gasteiger partial charge in [-0.2, -0.15) is 0 Å². The highest BCUT2D eigenvalue weighted by atomic mass is 19.3. The third kappa shape index (κ3) is 2.42. The number of fused-ring (bicyclic) bond motifs is 5. The zero-order chi connectivity index (χ0) is 16.2. The molecule has 0 heterocycles. The molecule has 0 radical (unpaired) electrons. The summed E-state index contributed by atoms with van der Waals surface area (Å²) in [4.78, 5) is 0. The van der Waals surface area contributed by atoms with Crippen LogP contribution >= 0.6 is 0 Å². The minimum Gasteiger partial charge on any atom is -0.210 e. The first-order valence-electron chi connectivity index (χ1n) is 9.98. The van der Waals surface area contributed by atoms with Crippen LogP contribution in [0, 0.1) is 40.9 Å². The van der Waals surface area contributed by atoms with Crippen molar-refractivity contribution in [3.05, 3.63) is 11.6 Å². The highest BCUT2D eigenvalue weighted by molar-refractivity contribution is 5.23. The van der Waals surface area contributed by atoms with E-state index in [1.807, 2.05) is 0 Å². The average Bonchev–Trinajstić information content (AvgIpc) is 2.90. The van der Waals surface area contributed by atoms with Crippen LogP contribution in [0.15, 0.2) is 11.6 Å². The van der Waals surface area contributed by atoms with E-state index in [0.29, 0.717) is 11.3 Å². The van der Waals surface area contributed by atoms with Gasteiger partial charge in [0.05, 0.1) is 0 Å². The molecule has 0 N–H and O–H groups in total. The minimum atomic E-state index is -2.09. The molecule has 0 saturated heterocycles. The molecule has 0 amide bonds. The SMILES string of the molecule is C/C=C1\CCC2C3CCC4CC(C(F)F)CCC4C3CCC12C. The van der Waals surface area contributed by atoms with Gasteiger partial charge in [0.2, 0.25) is 6.43 Å². The van der Waals surface area contributed by atoms with Gasteiger partial charge in [-0.25, -0.2) is 8.78 Å². The molecule has 0 nitrogen and oxygen atoms in total. The molecule has 0 aromatic carbocycles. The van der Waals surface area contributed by atoms with E-state index in [9.17, 15) is 8.78 Å². The lowest BCUT2D eigenvalue weighted by Crippen LogP contribution is -2.47. The lowest BCUT2D eigenvalue weighted by atomic mass is 9.50. The fourth-order valence-electron chi connectivity index (χ4n) is 7.44. The maximum atomic E-state index is 13.1. The van der Waals surface area contributed by atoms with Crippen LogP contribution in [0.25, 0.3) is 0 Å². The summed E-state index contributed by atoms with van der Waals surface area (Å²) in [5.74, 6) is 3.68. The molecule has 2 heteroatoms. The van der Waals surface area contributed by atoms with Crippen molar-refractivity contribution in [2.24, 2.45) is 40.9 Å². The number of halogens is 2. The van der Waals surface area contributed by atoms with Gasteiger partial charge >= 0.3 is 0 Å². The Morgan fingerprint density at radius 2 is 1.78 bits per heavy atom. The van der Waals surface area contributed by atoms with Crippen molar-refractivity contribution in [2.75, 3.05) is 0 Å². The normalized spacial score (nSPS) is 51.4. The van der Waals surface area contributed by atoms with Crippen molar-refractivity contribution in [1.29, 1.82) is 0 Å². The summed E-state index contributed by atoms with van der Waals surface area (Å²) in [6.07, 6.45) is 10.9. The summed E-state index contributed by atoms with van der Waals surface area (Å²) in [6.45, 7) is 4.74. The first kappa shape index (κ1) is 16.1. The summed E-state index contributed by atoms with van der Waals surface area (Å²) in [5.41, 5.74) is 2.17. The largest absolute Gasteiger partial charge is 0.241 e. The van der Waals surface area contributed by atoms with E-state index in [4.69, 9.17) is 0 Å². The second-order valence-corrected chi connectivity index (χ2v) is 9.15. The van der Waals surface area contributed by atoms with Crippen LogP contribution in [-0.4, -0.2) is 6.43 Å². The third-order valence-electron chi connectivity index (χ3n) is 8.55. The smallest absolute Gasteiger partial charge is 0.210 e. The summed E-state index contributed by atoms with van der Waals surface area (Å²) < 4.78 is 26.2. The van der Waals surface area contributed by atoms with Crippen molar-refractivity contribution >= 4 is 0 Å². The molecule has 0 bridgehead atoms. The molecule has 4 saturated carbocycles. The maximum Gasteiger partial charge on any atom is 0.241 e. The lowest BCUT2D eigenvalue weighted by molar-refractivity contribution is -0.0655. The Morgan fingerprint density at radius 3 is 2.52 bits per heavy atom. The molecule has 0 aromatic rings. The highest BCUT2D eigenvalue weighted by Crippen LogP contribution is 2.64. The molecule has 7 unspecified atom stereocenters. The molecule has 0 aromatic heterocycles. The van der Waals surface area contributed by atoms with E-state index in [0.717, 1.165) is 42.9 Å². The molecule has 0 spiro atoms. The van der Waals surface area contributed by atoms with Crippen LogP contribution in [0.2, 0.25) is 0 Å². The maximum absolute atomic E-state index is 13.1. The van der Waals surface area contributed by atoms with E-state index in [1.54, 1.807) is 5.57 Å². The first-order valence-corrected chi connectivity index (χ1v) is 9.98. The molecular formula is C21H32F2. The molecular weight excluding hydrogens is 290 g/mol. The molecule has 23 heavy (non-hydrogen) atoms. The predicted molar refractivity (Wildman–Crippen MR) is 90.4 cm³/mol. The van der Waals surface area contributed by atoms with Crippen LogP contribution in [0.3, 0.4) is 0 Å². The van der Waals surface area contributed by atoms with E-state index in [1.165, 1.54) is 38.5 Å². The Bertz CT molecular complexity index is 482. The number of rotatable bonds is 1. The van der Waals surface area contributed by atoms with Gasteiger partial charge in [0.25, 0.3) is 0 Å². The molecule has 0 aliphatic heterocycles. The number of alkyl halides is 2. The van der Waals surface area contributed by atoms with Gasteiger partial charge in [-0.1, -0.05) is 18.6 Å². The highest BCUT2D eigenvalue weighted by Gasteiger charge is 2.55. The third-order valence-corrected chi connectivity index (χ3v) is 8.55. The Morgan fingerprint density at radius 1 is 1.00 bits per heavy atom. The van der Waals surface area contributed by atoms with Crippen LogP contribution < -0.4 is 0 Å². The Balaban J connectivity index is 1.52. The van der Waals surface area contributed by atoms with Crippen LogP contribution in [-0.2, 0) is 0 Å². The molecule has 4 aliphatic carbocycles. The van der Waals surface area contributed by atoms with Crippen LogP contribution in [0.5, 0.6) is 0 Å². The molecule has 130 valence electrons. The van der Waals surface area contributed by atoms with Crippen LogP contribution in [0.4, 0.5) is 8.78 Å². The zero-order valence-corrected chi connectivity index (χ0v) is 14.7. The number of hydrogen-bond donors (Lipinski definition) is 0. The van der Waals surface area contributed by atoms with Crippen molar-refractivity contribution in [3.8, 4) is 0 Å². The molecule has 4 fully saturated rings. The number of allylic oxidation sites excluding steroid dienone is 2. The zero-order valence-electron chi connectivity index (χ0n) is 14.7. The molecule has 4 aliphatic rings. The van der Waals surface area contributed by atoms with Gasteiger partial charge < -0.3 is 0 Å². The summed E-state index contributed by atoms with van der Waals surface area (Å²) in [7, 11) is 0. The Hall–Kier alpha value is -0.400. The van der Waals surface area contributed by atoms with Gasteiger partial charge in [-0.05, 0) is 99.7 Å². The fourth-order valence-corrected chi connectivity index (χ4v) is 7.44. The molecule has 4 rings (SSSR count). The van der Waals surface area contributed by atoms with E-state index >= 15 is 0 Å². The minimum absolute atomic E-state index is 0.303. The van der Waals surface area contributed by atoms with E-state index in [2.05, 4.69) is 19.9 Å². The summed E-state index contributed by atoms with van der Waals surface area (Å²) in [5, 5.41) is 0. The van der Waals surface area contributed by atoms with Gasteiger partial charge in [0, 0.05) is 5.92 Å². The predicted octanol–water partition coefficient (Wildman–Crippen LogP) is 6.47. The van der Waals surface area contributed by atoms with Crippen molar-refractivity contribution < 1.29 is 8.78 Å². The fraction of sp³-hybridized carbons (Fsp3) is 0.905. The second kappa shape index (κ2) is 5.85. The molecule has 7 atom stereocenters. The van der Waals surface area contributed by atoms with E-state index in [-0.39, 0.29) is 5.92 Å². The summed E-state index contributed by atoms with van der Waals surface area (Å²) in [6, 6.07) is 0. The topological polar surface area (TPSA) is 0 Å². The van der Waals surface area contributed by atoms with E-state index < -0.39 is 6.43 Å². The lowest BCUT2D eigenvalue weighted by Gasteiger charge is -2.55. The summed E-state index contributed by atoms with van der Waals surface area (Å²) >= 11 is 0. The monoisotopic (exact) mass is 322 g/mol. The van der Waals surface area contributed by atoms with Crippen molar-refractivity contribution in [2.45, 2.75) is 78.1 Å². The van der Waals surface area contributed by atoms with Gasteiger partial charge in [-0.3, -0.25) is 0 Å². The van der Waals surface area contributed by atoms with Crippen LogP contribution in [0.1, 0.15) is 71.6 Å². The second-order valence-electron chi connectivity index (χ2n) is 9.15. The van der Waals surface area contributed by atoms with Gasteiger partial charge in [-0.15, -0.1) is 0 Å². The Labute approximate surface area is 140 Å². The quantitative estimate of drug-likeness (QED) is 0.485. The van der Waals surface area contributed by atoms with Gasteiger partial charge in [0.1, 0.15) is 0 Å². The average molecular weight is 322 g/mol. The van der Waals surface area contributed by atoms with Crippen molar-refractivity contribution in [3.63, 3.8) is 0 Å². The standard InChI is InChI=1S/C21H32F2/c1-3-15-6-9-19-18-8-4-13-12-14(20(22)23)5-7-16(13)17(18)10-11-21(15,19)2/h3,13-14,16-20H,4-12H2,1-2H3/b15-3+. The first-order chi connectivity index (χ1) is 11.0. The number of hydrogen-bond acceptors (Lipinski definition) is 0. The van der Waals surface area contributed by atoms with Crippen molar-refractivity contribution in [1.82, 2.24) is 0 Å². The Kier molecular flexibility index (Phi) is 4.09. The van der Waals surface area contributed by atoms with Gasteiger partial charge in [0.15, 0.2) is 0 Å².